The first-order valence-electron chi connectivity index (χ1n) is 6.66. The van der Waals surface area contributed by atoms with Gasteiger partial charge in [-0.05, 0) is 47.7 Å². The number of hydrogen-bond donors (Lipinski definition) is 2. The van der Waals surface area contributed by atoms with Crippen molar-refractivity contribution in [3.8, 4) is 0 Å². The van der Waals surface area contributed by atoms with Crippen LogP contribution < -0.4 is 5.32 Å². The fourth-order valence-corrected chi connectivity index (χ4v) is 3.16. The summed E-state index contributed by atoms with van der Waals surface area (Å²) in [5, 5.41) is 15.3. The quantitative estimate of drug-likeness (QED) is 0.738. The molecule has 1 unspecified atom stereocenters. The molecular formula is C16H15ClN2OS. The lowest BCUT2D eigenvalue weighted by Gasteiger charge is -2.17. The molecule has 0 spiro atoms. The molecule has 0 fully saturated rings. The number of anilines is 1. The number of halogens is 1. The summed E-state index contributed by atoms with van der Waals surface area (Å²) in [4.78, 5) is 4.46. The molecule has 0 amide bonds. The summed E-state index contributed by atoms with van der Waals surface area (Å²) in [6.07, 6.45) is 1.89. The molecule has 3 nitrogen and oxygen atoms in total. The van der Waals surface area contributed by atoms with E-state index in [1.807, 2.05) is 29.8 Å². The van der Waals surface area contributed by atoms with Crippen LogP contribution in [0.3, 0.4) is 0 Å². The van der Waals surface area contributed by atoms with Crippen molar-refractivity contribution in [1.82, 2.24) is 4.98 Å². The van der Waals surface area contributed by atoms with Crippen LogP contribution in [0, 0.1) is 0 Å². The largest absolute Gasteiger partial charge is 0.392 e. The molecule has 108 valence electrons. The molecule has 0 saturated carbocycles. The third-order valence-corrected chi connectivity index (χ3v) is 4.59. The Morgan fingerprint density at radius 2 is 2.19 bits per heavy atom. The molecule has 2 heterocycles. The summed E-state index contributed by atoms with van der Waals surface area (Å²) in [6, 6.07) is 9.73. The van der Waals surface area contributed by atoms with Gasteiger partial charge in [0, 0.05) is 6.20 Å². The molecule has 0 aliphatic carbocycles. The summed E-state index contributed by atoms with van der Waals surface area (Å²) < 4.78 is 1.18. The lowest BCUT2D eigenvalue weighted by molar-refractivity contribution is 0.282. The van der Waals surface area contributed by atoms with Crippen molar-refractivity contribution in [3.63, 3.8) is 0 Å². The summed E-state index contributed by atoms with van der Waals surface area (Å²) >= 11 is 7.89. The third kappa shape index (κ3) is 3.02. The first-order valence-corrected chi connectivity index (χ1v) is 7.92. The fourth-order valence-electron chi connectivity index (χ4n) is 2.20. The van der Waals surface area contributed by atoms with Crippen LogP contribution in [0.15, 0.2) is 41.9 Å². The average molecular weight is 319 g/mol. The molecule has 2 N–H and O–H groups in total. The van der Waals surface area contributed by atoms with E-state index in [2.05, 4.69) is 23.3 Å². The van der Waals surface area contributed by atoms with Gasteiger partial charge in [-0.15, -0.1) is 11.3 Å². The maximum Gasteiger partial charge on any atom is 0.0809 e. The second kappa shape index (κ2) is 6.02. The third-order valence-electron chi connectivity index (χ3n) is 3.41. The van der Waals surface area contributed by atoms with Gasteiger partial charge in [-0.1, -0.05) is 17.7 Å². The van der Waals surface area contributed by atoms with Gasteiger partial charge >= 0.3 is 0 Å². The highest BCUT2D eigenvalue weighted by molar-refractivity contribution is 7.17. The maximum atomic E-state index is 9.22. The predicted octanol–water partition coefficient (Wildman–Crippen LogP) is 4.62. The molecule has 2 aromatic heterocycles. The highest BCUT2D eigenvalue weighted by Gasteiger charge is 2.10. The van der Waals surface area contributed by atoms with Gasteiger partial charge in [0.1, 0.15) is 0 Å². The van der Waals surface area contributed by atoms with E-state index in [1.54, 1.807) is 17.4 Å². The Bertz CT molecular complexity index is 772. The first kappa shape index (κ1) is 14.3. The molecule has 1 aromatic carbocycles. The standard InChI is InChI=1S/C16H15ClN2OS/c1-10(12-7-16-14(18-8-12)4-5-21-16)19-15-6-11(9-20)2-3-13(15)17/h2-8,10,19-20H,9H2,1H3. The van der Waals surface area contributed by atoms with E-state index >= 15 is 0 Å². The SMILES string of the molecule is CC(Nc1cc(CO)ccc1Cl)c1cnc2ccsc2c1. The number of fused-ring (bicyclic) bond motifs is 1. The van der Waals surface area contributed by atoms with Crippen molar-refractivity contribution in [2.24, 2.45) is 0 Å². The molecule has 0 bridgehead atoms. The van der Waals surface area contributed by atoms with Crippen LogP contribution in [0.25, 0.3) is 10.2 Å². The molecule has 0 aliphatic rings. The van der Waals surface area contributed by atoms with Gasteiger partial charge in [0.25, 0.3) is 0 Å². The predicted molar refractivity (Wildman–Crippen MR) is 89.0 cm³/mol. The molecule has 0 saturated heterocycles. The number of benzene rings is 1. The molecule has 0 aliphatic heterocycles. The minimum atomic E-state index is 0.00292. The number of thiophene rings is 1. The zero-order valence-electron chi connectivity index (χ0n) is 11.5. The topological polar surface area (TPSA) is 45.1 Å². The van der Waals surface area contributed by atoms with Crippen LogP contribution in [-0.4, -0.2) is 10.1 Å². The zero-order valence-corrected chi connectivity index (χ0v) is 13.1. The molecular weight excluding hydrogens is 304 g/mol. The Morgan fingerprint density at radius 1 is 1.33 bits per heavy atom. The van der Waals surface area contributed by atoms with E-state index in [0.29, 0.717) is 5.02 Å². The number of aliphatic hydroxyl groups is 1. The van der Waals surface area contributed by atoms with Gasteiger partial charge in [0.15, 0.2) is 0 Å². The van der Waals surface area contributed by atoms with Crippen LogP contribution in [0.4, 0.5) is 5.69 Å². The van der Waals surface area contributed by atoms with Gasteiger partial charge in [-0.2, -0.15) is 0 Å². The lowest BCUT2D eigenvalue weighted by Crippen LogP contribution is -2.07. The average Bonchev–Trinajstić information content (AvgIpc) is 2.96. The van der Waals surface area contributed by atoms with Crippen LogP contribution in [0.2, 0.25) is 5.02 Å². The lowest BCUT2D eigenvalue weighted by atomic mass is 10.1. The first-order chi connectivity index (χ1) is 10.2. The van der Waals surface area contributed by atoms with E-state index < -0.39 is 0 Å². The number of aliphatic hydroxyl groups excluding tert-OH is 1. The van der Waals surface area contributed by atoms with Crippen molar-refractivity contribution >= 4 is 38.8 Å². The highest BCUT2D eigenvalue weighted by Crippen LogP contribution is 2.29. The van der Waals surface area contributed by atoms with Crippen molar-refractivity contribution in [1.29, 1.82) is 0 Å². The van der Waals surface area contributed by atoms with E-state index in [-0.39, 0.29) is 12.6 Å². The van der Waals surface area contributed by atoms with E-state index in [0.717, 1.165) is 22.3 Å². The Morgan fingerprint density at radius 3 is 3.00 bits per heavy atom. The molecule has 1 atom stereocenters. The number of rotatable bonds is 4. The fraction of sp³-hybridized carbons (Fsp3) is 0.188. The van der Waals surface area contributed by atoms with Gasteiger partial charge in [0.05, 0.1) is 33.6 Å². The van der Waals surface area contributed by atoms with Crippen molar-refractivity contribution < 1.29 is 5.11 Å². The molecule has 5 heteroatoms. The molecule has 3 aromatic rings. The van der Waals surface area contributed by atoms with Crippen LogP contribution in [0.5, 0.6) is 0 Å². The smallest absolute Gasteiger partial charge is 0.0809 e. The summed E-state index contributed by atoms with van der Waals surface area (Å²) in [5.74, 6) is 0. The molecule has 3 rings (SSSR count). The Labute approximate surface area is 132 Å². The monoisotopic (exact) mass is 318 g/mol. The summed E-state index contributed by atoms with van der Waals surface area (Å²) in [7, 11) is 0. The number of hydrogen-bond acceptors (Lipinski definition) is 4. The van der Waals surface area contributed by atoms with Gasteiger partial charge in [-0.3, -0.25) is 4.98 Å². The number of aromatic nitrogens is 1. The second-order valence-electron chi connectivity index (χ2n) is 4.91. The minimum Gasteiger partial charge on any atom is -0.392 e. The zero-order chi connectivity index (χ0) is 14.8. The van der Waals surface area contributed by atoms with E-state index in [4.69, 9.17) is 11.6 Å². The molecule has 0 radical (unpaired) electrons. The van der Waals surface area contributed by atoms with Crippen molar-refractivity contribution in [2.45, 2.75) is 19.6 Å². The van der Waals surface area contributed by atoms with Crippen LogP contribution >= 0.6 is 22.9 Å². The van der Waals surface area contributed by atoms with E-state index in [9.17, 15) is 5.11 Å². The van der Waals surface area contributed by atoms with E-state index in [1.165, 1.54) is 4.70 Å². The van der Waals surface area contributed by atoms with Gasteiger partial charge in [0.2, 0.25) is 0 Å². The number of nitrogens with one attached hydrogen (secondary N) is 1. The highest BCUT2D eigenvalue weighted by atomic mass is 35.5. The van der Waals surface area contributed by atoms with Gasteiger partial charge < -0.3 is 10.4 Å². The van der Waals surface area contributed by atoms with Crippen molar-refractivity contribution in [2.75, 3.05) is 5.32 Å². The second-order valence-corrected chi connectivity index (χ2v) is 6.27. The number of nitrogens with zero attached hydrogens (tertiary/aromatic N) is 1. The Hall–Kier alpha value is -1.62. The molecule has 21 heavy (non-hydrogen) atoms. The minimum absolute atomic E-state index is 0.00292. The number of pyridine rings is 1. The normalized spacial score (nSPS) is 12.5. The Balaban J connectivity index is 1.86. The van der Waals surface area contributed by atoms with Crippen molar-refractivity contribution in [3.05, 3.63) is 58.1 Å². The Kier molecular flexibility index (Phi) is 4.10. The summed E-state index contributed by atoms with van der Waals surface area (Å²) in [5.41, 5.74) is 3.79. The van der Waals surface area contributed by atoms with Crippen LogP contribution in [0.1, 0.15) is 24.1 Å². The maximum absolute atomic E-state index is 9.22. The van der Waals surface area contributed by atoms with Gasteiger partial charge in [-0.25, -0.2) is 0 Å². The van der Waals surface area contributed by atoms with Crippen LogP contribution in [-0.2, 0) is 6.61 Å². The summed E-state index contributed by atoms with van der Waals surface area (Å²) in [6.45, 7) is 2.07.